The summed E-state index contributed by atoms with van der Waals surface area (Å²) in [5.74, 6) is 0.882. The van der Waals surface area contributed by atoms with Crippen LogP contribution in [0.3, 0.4) is 0 Å². The predicted octanol–water partition coefficient (Wildman–Crippen LogP) is 3.14. The van der Waals surface area contributed by atoms with Crippen LogP contribution in [-0.4, -0.2) is 19.6 Å². The highest BCUT2D eigenvalue weighted by Gasteiger charge is 2.11. The smallest absolute Gasteiger partial charge is 0.0426 e. The monoisotopic (exact) mass is 238 g/mol. The molecule has 16 heavy (non-hydrogen) atoms. The minimum atomic E-state index is 0.798. The Labute approximate surface area is 102 Å². The summed E-state index contributed by atoms with van der Waals surface area (Å²) in [7, 11) is 0. The first-order chi connectivity index (χ1) is 7.84. The zero-order chi connectivity index (χ0) is 11.2. The molecule has 2 N–H and O–H groups in total. The molecular weight excluding hydrogens is 220 g/mol. The lowest BCUT2D eigenvalue weighted by Crippen LogP contribution is -2.28. The molecule has 1 saturated heterocycles. The van der Waals surface area contributed by atoms with Crippen molar-refractivity contribution in [2.24, 2.45) is 5.92 Å². The number of rotatable bonds is 4. The average molecular weight is 239 g/mol. The van der Waals surface area contributed by atoms with Crippen LogP contribution in [0.25, 0.3) is 0 Å². The van der Waals surface area contributed by atoms with Gasteiger partial charge in [0.2, 0.25) is 0 Å². The van der Waals surface area contributed by atoms with Crippen molar-refractivity contribution in [2.75, 3.05) is 25.0 Å². The van der Waals surface area contributed by atoms with Gasteiger partial charge in [0.1, 0.15) is 0 Å². The number of hydrogen-bond donors (Lipinski definition) is 2. The zero-order valence-electron chi connectivity index (χ0n) is 9.51. The van der Waals surface area contributed by atoms with Gasteiger partial charge in [-0.3, -0.25) is 0 Å². The molecule has 3 heteroatoms. The van der Waals surface area contributed by atoms with Gasteiger partial charge in [0.25, 0.3) is 0 Å². The maximum atomic E-state index is 5.92. The second kappa shape index (κ2) is 6.12. The van der Waals surface area contributed by atoms with E-state index in [1.807, 2.05) is 18.2 Å². The van der Waals surface area contributed by atoms with Crippen LogP contribution < -0.4 is 10.6 Å². The van der Waals surface area contributed by atoms with Crippen LogP contribution in [0.4, 0.5) is 5.69 Å². The standard InChI is InChI=1S/C13H19ClN2/c14-12-2-1-3-13(10-12)16-9-6-11-4-7-15-8-5-11/h1-3,10-11,15-16H,4-9H2. The van der Waals surface area contributed by atoms with Crippen LogP contribution in [0.1, 0.15) is 19.3 Å². The van der Waals surface area contributed by atoms with Crippen molar-refractivity contribution in [1.29, 1.82) is 0 Å². The molecule has 0 aromatic heterocycles. The lowest BCUT2D eigenvalue weighted by Gasteiger charge is -2.22. The predicted molar refractivity (Wildman–Crippen MR) is 70.2 cm³/mol. The summed E-state index contributed by atoms with van der Waals surface area (Å²) in [6, 6.07) is 7.92. The first kappa shape index (κ1) is 11.7. The lowest BCUT2D eigenvalue weighted by molar-refractivity contribution is 0.361. The van der Waals surface area contributed by atoms with Crippen LogP contribution in [0.15, 0.2) is 24.3 Å². The second-order valence-corrected chi connectivity index (χ2v) is 4.86. The van der Waals surface area contributed by atoms with E-state index in [0.717, 1.165) is 23.2 Å². The molecule has 1 aromatic rings. The van der Waals surface area contributed by atoms with Crippen LogP contribution >= 0.6 is 11.6 Å². The van der Waals surface area contributed by atoms with Gasteiger partial charge >= 0.3 is 0 Å². The molecule has 88 valence electrons. The van der Waals surface area contributed by atoms with Gasteiger partial charge in [-0.1, -0.05) is 17.7 Å². The second-order valence-electron chi connectivity index (χ2n) is 4.42. The van der Waals surface area contributed by atoms with Crippen LogP contribution in [-0.2, 0) is 0 Å². The Balaban J connectivity index is 1.71. The van der Waals surface area contributed by atoms with Gasteiger partial charge in [-0.05, 0) is 56.5 Å². The minimum absolute atomic E-state index is 0.798. The van der Waals surface area contributed by atoms with Gasteiger partial charge in [0, 0.05) is 17.3 Å². The average Bonchev–Trinajstić information content (AvgIpc) is 2.30. The highest BCUT2D eigenvalue weighted by Crippen LogP contribution is 2.18. The van der Waals surface area contributed by atoms with E-state index in [1.165, 1.54) is 32.4 Å². The topological polar surface area (TPSA) is 24.1 Å². The van der Waals surface area contributed by atoms with E-state index in [-0.39, 0.29) is 0 Å². The molecule has 2 rings (SSSR count). The van der Waals surface area contributed by atoms with Crippen molar-refractivity contribution in [2.45, 2.75) is 19.3 Å². The molecular formula is C13H19ClN2. The minimum Gasteiger partial charge on any atom is -0.385 e. The Morgan fingerprint density at radius 2 is 2.12 bits per heavy atom. The summed E-state index contributed by atoms with van der Waals surface area (Å²) in [6.45, 7) is 3.41. The number of benzene rings is 1. The highest BCUT2D eigenvalue weighted by atomic mass is 35.5. The van der Waals surface area contributed by atoms with E-state index in [1.54, 1.807) is 0 Å². The lowest BCUT2D eigenvalue weighted by atomic mass is 9.95. The van der Waals surface area contributed by atoms with Crippen LogP contribution in [0.2, 0.25) is 5.02 Å². The zero-order valence-corrected chi connectivity index (χ0v) is 10.3. The van der Waals surface area contributed by atoms with Gasteiger partial charge in [0.05, 0.1) is 0 Å². The Hall–Kier alpha value is -0.730. The van der Waals surface area contributed by atoms with Crippen molar-refractivity contribution in [3.8, 4) is 0 Å². The van der Waals surface area contributed by atoms with E-state index in [2.05, 4.69) is 16.7 Å². The molecule has 1 aliphatic rings. The summed E-state index contributed by atoms with van der Waals surface area (Å²) in [5.41, 5.74) is 1.13. The number of halogens is 1. The number of hydrogen-bond acceptors (Lipinski definition) is 2. The number of anilines is 1. The number of piperidine rings is 1. The van der Waals surface area contributed by atoms with E-state index < -0.39 is 0 Å². The molecule has 2 nitrogen and oxygen atoms in total. The first-order valence-electron chi connectivity index (χ1n) is 6.05. The molecule has 0 aliphatic carbocycles. The molecule has 0 radical (unpaired) electrons. The van der Waals surface area contributed by atoms with Crippen molar-refractivity contribution in [1.82, 2.24) is 5.32 Å². The summed E-state index contributed by atoms with van der Waals surface area (Å²) < 4.78 is 0. The molecule has 0 atom stereocenters. The van der Waals surface area contributed by atoms with Crippen molar-refractivity contribution >= 4 is 17.3 Å². The van der Waals surface area contributed by atoms with Crippen molar-refractivity contribution < 1.29 is 0 Å². The van der Waals surface area contributed by atoms with Gasteiger partial charge < -0.3 is 10.6 Å². The van der Waals surface area contributed by atoms with Crippen LogP contribution in [0, 0.1) is 5.92 Å². The molecule has 1 aliphatic heterocycles. The molecule has 1 heterocycles. The van der Waals surface area contributed by atoms with E-state index in [4.69, 9.17) is 11.6 Å². The molecule has 0 saturated carbocycles. The van der Waals surface area contributed by atoms with Gasteiger partial charge in [-0.2, -0.15) is 0 Å². The molecule has 0 bridgehead atoms. The molecule has 0 amide bonds. The third kappa shape index (κ3) is 3.69. The van der Waals surface area contributed by atoms with Gasteiger partial charge in [-0.15, -0.1) is 0 Å². The third-order valence-electron chi connectivity index (χ3n) is 3.17. The fourth-order valence-electron chi connectivity index (χ4n) is 2.19. The van der Waals surface area contributed by atoms with Crippen LogP contribution in [0.5, 0.6) is 0 Å². The van der Waals surface area contributed by atoms with E-state index >= 15 is 0 Å². The summed E-state index contributed by atoms with van der Waals surface area (Å²) in [5, 5.41) is 7.62. The summed E-state index contributed by atoms with van der Waals surface area (Å²) >= 11 is 5.92. The fraction of sp³-hybridized carbons (Fsp3) is 0.538. The fourth-order valence-corrected chi connectivity index (χ4v) is 2.38. The highest BCUT2D eigenvalue weighted by molar-refractivity contribution is 6.30. The third-order valence-corrected chi connectivity index (χ3v) is 3.40. The maximum Gasteiger partial charge on any atom is 0.0426 e. The first-order valence-corrected chi connectivity index (χ1v) is 6.42. The summed E-state index contributed by atoms with van der Waals surface area (Å²) in [6.07, 6.45) is 3.89. The van der Waals surface area contributed by atoms with Gasteiger partial charge in [-0.25, -0.2) is 0 Å². The molecule has 0 spiro atoms. The maximum absolute atomic E-state index is 5.92. The summed E-state index contributed by atoms with van der Waals surface area (Å²) in [4.78, 5) is 0. The molecule has 1 fully saturated rings. The van der Waals surface area contributed by atoms with Gasteiger partial charge in [0.15, 0.2) is 0 Å². The van der Waals surface area contributed by atoms with Crippen molar-refractivity contribution in [3.63, 3.8) is 0 Å². The Morgan fingerprint density at radius 3 is 2.88 bits per heavy atom. The SMILES string of the molecule is Clc1cccc(NCCC2CCNCC2)c1. The Kier molecular flexibility index (Phi) is 4.49. The molecule has 0 unspecified atom stereocenters. The Bertz CT molecular complexity index is 321. The largest absolute Gasteiger partial charge is 0.385 e. The van der Waals surface area contributed by atoms with Crippen molar-refractivity contribution in [3.05, 3.63) is 29.3 Å². The quantitative estimate of drug-likeness (QED) is 0.842. The number of nitrogens with one attached hydrogen (secondary N) is 2. The van der Waals surface area contributed by atoms with E-state index in [9.17, 15) is 0 Å². The molecule has 1 aromatic carbocycles. The van der Waals surface area contributed by atoms with E-state index in [0.29, 0.717) is 0 Å². The normalized spacial score (nSPS) is 17.3. The Morgan fingerprint density at radius 1 is 1.31 bits per heavy atom.